The smallest absolute Gasteiger partial charge is 0.124 e. The van der Waals surface area contributed by atoms with E-state index in [0.29, 0.717) is 5.92 Å². The van der Waals surface area contributed by atoms with Gasteiger partial charge in [0.1, 0.15) is 5.75 Å². The zero-order valence-electron chi connectivity index (χ0n) is 9.61. The van der Waals surface area contributed by atoms with Crippen LogP contribution in [0.1, 0.15) is 25.3 Å². The molecule has 0 atom stereocenters. The summed E-state index contributed by atoms with van der Waals surface area (Å²) in [5.41, 5.74) is 2.22. The average molecular weight is 204 g/mol. The van der Waals surface area contributed by atoms with Gasteiger partial charge in [0.25, 0.3) is 0 Å². The van der Waals surface area contributed by atoms with Crippen LogP contribution >= 0.6 is 0 Å². The molecule has 80 valence electrons. The molecule has 0 amide bonds. The molecule has 3 nitrogen and oxygen atoms in total. The van der Waals surface area contributed by atoms with Crippen LogP contribution in [0, 0.1) is 0 Å². The molecule has 0 bridgehead atoms. The van der Waals surface area contributed by atoms with Crippen LogP contribution in [0.5, 0.6) is 5.75 Å². The van der Waals surface area contributed by atoms with Gasteiger partial charge in [0, 0.05) is 24.7 Å². The Labute approximate surface area is 89.7 Å². The SMILES string of the molecule is COc1cc2nn(C)cc2cc1C(C)C. The van der Waals surface area contributed by atoms with Gasteiger partial charge < -0.3 is 4.74 Å². The van der Waals surface area contributed by atoms with Gasteiger partial charge in [0.15, 0.2) is 0 Å². The van der Waals surface area contributed by atoms with E-state index >= 15 is 0 Å². The first kappa shape index (κ1) is 10.0. The second-order valence-corrected chi connectivity index (χ2v) is 4.11. The molecule has 1 aromatic carbocycles. The predicted octanol–water partition coefficient (Wildman–Crippen LogP) is 2.71. The molecule has 1 aromatic heterocycles. The summed E-state index contributed by atoms with van der Waals surface area (Å²) in [7, 11) is 3.64. The van der Waals surface area contributed by atoms with Gasteiger partial charge >= 0.3 is 0 Å². The van der Waals surface area contributed by atoms with E-state index in [4.69, 9.17) is 4.74 Å². The molecule has 0 aliphatic rings. The second-order valence-electron chi connectivity index (χ2n) is 4.11. The van der Waals surface area contributed by atoms with Gasteiger partial charge in [-0.25, -0.2) is 0 Å². The number of hydrogen-bond acceptors (Lipinski definition) is 2. The van der Waals surface area contributed by atoms with Crippen molar-refractivity contribution >= 4 is 10.9 Å². The van der Waals surface area contributed by atoms with Crippen LogP contribution in [-0.4, -0.2) is 16.9 Å². The molecule has 0 saturated heterocycles. The Bertz CT molecular complexity index is 486. The van der Waals surface area contributed by atoms with Crippen molar-refractivity contribution in [2.45, 2.75) is 19.8 Å². The molecule has 0 N–H and O–H groups in total. The Kier molecular flexibility index (Phi) is 2.39. The number of hydrogen-bond donors (Lipinski definition) is 0. The summed E-state index contributed by atoms with van der Waals surface area (Å²) >= 11 is 0. The molecule has 0 aliphatic heterocycles. The first-order valence-electron chi connectivity index (χ1n) is 5.13. The van der Waals surface area contributed by atoms with Crippen molar-refractivity contribution in [2.75, 3.05) is 7.11 Å². The van der Waals surface area contributed by atoms with E-state index in [0.717, 1.165) is 11.3 Å². The van der Waals surface area contributed by atoms with Gasteiger partial charge in [-0.15, -0.1) is 0 Å². The highest BCUT2D eigenvalue weighted by Crippen LogP contribution is 2.30. The van der Waals surface area contributed by atoms with Crippen molar-refractivity contribution in [3.8, 4) is 5.75 Å². The Morgan fingerprint density at radius 2 is 2.07 bits per heavy atom. The minimum absolute atomic E-state index is 0.463. The summed E-state index contributed by atoms with van der Waals surface area (Å²) in [6.07, 6.45) is 2.03. The zero-order valence-corrected chi connectivity index (χ0v) is 9.61. The van der Waals surface area contributed by atoms with Crippen molar-refractivity contribution in [1.82, 2.24) is 9.78 Å². The van der Waals surface area contributed by atoms with Crippen molar-refractivity contribution in [2.24, 2.45) is 7.05 Å². The van der Waals surface area contributed by atoms with Gasteiger partial charge in [-0.1, -0.05) is 13.8 Å². The number of nitrogens with zero attached hydrogens (tertiary/aromatic N) is 2. The maximum absolute atomic E-state index is 5.37. The third-order valence-corrected chi connectivity index (χ3v) is 2.59. The highest BCUT2D eigenvalue weighted by Gasteiger charge is 2.10. The standard InChI is InChI=1S/C12H16N2O/c1-8(2)10-5-9-7-14(3)13-11(9)6-12(10)15-4/h5-8H,1-4H3. The number of rotatable bonds is 2. The Morgan fingerprint density at radius 3 is 2.67 bits per heavy atom. The largest absolute Gasteiger partial charge is 0.496 e. The normalized spacial score (nSPS) is 11.3. The molecular weight excluding hydrogens is 188 g/mol. The van der Waals surface area contributed by atoms with Crippen molar-refractivity contribution in [3.05, 3.63) is 23.9 Å². The van der Waals surface area contributed by atoms with Crippen molar-refractivity contribution in [1.29, 1.82) is 0 Å². The summed E-state index contributed by atoms with van der Waals surface area (Å²) in [6.45, 7) is 4.33. The molecule has 0 fully saturated rings. The second kappa shape index (κ2) is 3.57. The average Bonchev–Trinajstić information content (AvgIpc) is 2.54. The van der Waals surface area contributed by atoms with E-state index in [1.54, 1.807) is 7.11 Å². The highest BCUT2D eigenvalue weighted by molar-refractivity contribution is 5.81. The Morgan fingerprint density at radius 1 is 1.33 bits per heavy atom. The molecule has 15 heavy (non-hydrogen) atoms. The lowest BCUT2D eigenvalue weighted by molar-refractivity contribution is 0.408. The van der Waals surface area contributed by atoms with Gasteiger partial charge in [-0.05, 0) is 17.5 Å². The van der Waals surface area contributed by atoms with Gasteiger partial charge in [-0.2, -0.15) is 5.10 Å². The lowest BCUT2D eigenvalue weighted by Gasteiger charge is -2.11. The van der Waals surface area contributed by atoms with Crippen LogP contribution in [0.15, 0.2) is 18.3 Å². The number of benzene rings is 1. The third-order valence-electron chi connectivity index (χ3n) is 2.59. The lowest BCUT2D eigenvalue weighted by Crippen LogP contribution is -1.93. The predicted molar refractivity (Wildman–Crippen MR) is 61.4 cm³/mol. The molecule has 0 unspecified atom stereocenters. The van der Waals surface area contributed by atoms with Crippen molar-refractivity contribution < 1.29 is 4.74 Å². The quantitative estimate of drug-likeness (QED) is 0.752. The monoisotopic (exact) mass is 204 g/mol. The van der Waals surface area contributed by atoms with Gasteiger partial charge in [0.2, 0.25) is 0 Å². The Balaban J connectivity index is 2.68. The lowest BCUT2D eigenvalue weighted by atomic mass is 10.0. The fraction of sp³-hybridized carbons (Fsp3) is 0.417. The summed E-state index contributed by atoms with van der Waals surface area (Å²) in [5, 5.41) is 5.53. The fourth-order valence-corrected chi connectivity index (χ4v) is 1.82. The number of ether oxygens (including phenoxy) is 1. The number of methoxy groups -OCH3 is 1. The molecule has 1 heterocycles. The van der Waals surface area contributed by atoms with Crippen LogP contribution in [0.4, 0.5) is 0 Å². The van der Waals surface area contributed by atoms with Crippen LogP contribution in [0.3, 0.4) is 0 Å². The minimum atomic E-state index is 0.463. The van der Waals surface area contributed by atoms with Crippen LogP contribution < -0.4 is 4.74 Å². The summed E-state index contributed by atoms with van der Waals surface area (Å²) in [4.78, 5) is 0. The third kappa shape index (κ3) is 1.69. The molecule has 2 rings (SSSR count). The maximum atomic E-state index is 5.37. The highest BCUT2D eigenvalue weighted by atomic mass is 16.5. The first-order valence-corrected chi connectivity index (χ1v) is 5.13. The van der Waals surface area contributed by atoms with Crippen LogP contribution in [0.25, 0.3) is 10.9 Å². The van der Waals surface area contributed by atoms with E-state index in [-0.39, 0.29) is 0 Å². The topological polar surface area (TPSA) is 27.1 Å². The summed E-state index contributed by atoms with van der Waals surface area (Å²) < 4.78 is 7.20. The Hall–Kier alpha value is -1.51. The van der Waals surface area contributed by atoms with Gasteiger partial charge in [0.05, 0.1) is 12.6 Å². The van der Waals surface area contributed by atoms with E-state index in [1.165, 1.54) is 10.9 Å². The molecule has 3 heteroatoms. The van der Waals surface area contributed by atoms with E-state index in [9.17, 15) is 0 Å². The molecular formula is C12H16N2O. The fourth-order valence-electron chi connectivity index (χ4n) is 1.82. The first-order chi connectivity index (χ1) is 7.11. The van der Waals surface area contributed by atoms with E-state index in [2.05, 4.69) is 25.0 Å². The molecule has 0 spiro atoms. The molecule has 2 aromatic rings. The van der Waals surface area contributed by atoms with E-state index < -0.39 is 0 Å². The molecule has 0 saturated carbocycles. The minimum Gasteiger partial charge on any atom is -0.496 e. The van der Waals surface area contributed by atoms with Crippen molar-refractivity contribution in [3.63, 3.8) is 0 Å². The number of aromatic nitrogens is 2. The number of aryl methyl sites for hydroxylation is 1. The number of fused-ring (bicyclic) bond motifs is 1. The summed E-state index contributed by atoms with van der Waals surface area (Å²) in [5.74, 6) is 1.39. The van der Waals surface area contributed by atoms with E-state index in [1.807, 2.05) is 24.0 Å². The molecule has 0 radical (unpaired) electrons. The summed E-state index contributed by atoms with van der Waals surface area (Å²) in [6, 6.07) is 4.16. The van der Waals surface area contributed by atoms with Gasteiger partial charge in [-0.3, -0.25) is 4.68 Å². The zero-order chi connectivity index (χ0) is 11.0. The molecule has 0 aliphatic carbocycles. The van der Waals surface area contributed by atoms with Crippen LogP contribution in [0.2, 0.25) is 0 Å². The maximum Gasteiger partial charge on any atom is 0.124 e. The van der Waals surface area contributed by atoms with Crippen LogP contribution in [-0.2, 0) is 7.05 Å².